The van der Waals surface area contributed by atoms with Gasteiger partial charge in [0.05, 0.1) is 44.6 Å². The number of unbranched alkanes of at least 4 members (excludes halogenated alkanes) is 5. The average Bonchev–Trinajstić information content (AvgIpc) is 3.27. The molecule has 11 unspecified atom stereocenters. The van der Waals surface area contributed by atoms with Crippen LogP contribution in [0.5, 0.6) is 5.75 Å². The van der Waals surface area contributed by atoms with Crippen LogP contribution in [0.2, 0.25) is 0 Å². The van der Waals surface area contributed by atoms with Crippen molar-refractivity contribution < 1.29 is 109 Å². The molecule has 4 rings (SSSR count). The molecule has 3 saturated heterocycles. The van der Waals surface area contributed by atoms with Gasteiger partial charge in [0.15, 0.2) is 12.6 Å². The molecule has 1 aromatic rings. The van der Waals surface area contributed by atoms with Crippen molar-refractivity contribution in [2.75, 3.05) is 33.5 Å². The first-order valence-electron chi connectivity index (χ1n) is 20.9. The van der Waals surface area contributed by atoms with Crippen LogP contribution < -0.4 is 10.6 Å². The maximum atomic E-state index is 13.4. The number of hydrogen-bond acceptors (Lipinski definition) is 21. The molecule has 2 amide bonds. The topological polar surface area (TPSA) is 379 Å². The van der Waals surface area contributed by atoms with E-state index >= 15 is 0 Å². The molecule has 3 fully saturated rings. The fourth-order valence-electron chi connectivity index (χ4n) is 7.73. The molecule has 0 bridgehead atoms. The zero-order valence-corrected chi connectivity index (χ0v) is 35.4. The summed E-state index contributed by atoms with van der Waals surface area (Å²) in [5, 5.41) is 123. The summed E-state index contributed by atoms with van der Waals surface area (Å²) in [5.41, 5.74) is -0.195. The Morgan fingerprint density at radius 2 is 1.47 bits per heavy atom. The summed E-state index contributed by atoms with van der Waals surface area (Å²) < 4.78 is 39.5. The predicted octanol–water partition coefficient (Wildman–Crippen LogP) is -4.15. The SMILES string of the molecule is COC(=O)CCCCCCCCO[C@@H]1OC(CO)[C@H](OC2OC(CO)[C@@H](O)C(O[C@]3(C(=O)O)CC(O)[C@@H](NC(C)=O)C(C(O)C(O)CO)O3)C2O)C(O)C1NC(=O)c1ccccc1O. The number of aliphatic hydroxyl groups is 9. The van der Waals surface area contributed by atoms with Gasteiger partial charge in [-0.1, -0.05) is 37.8 Å². The van der Waals surface area contributed by atoms with Crippen molar-refractivity contribution in [2.24, 2.45) is 0 Å². The number of nitrogens with one attached hydrogen (secondary N) is 2. The minimum absolute atomic E-state index is 0.0518. The van der Waals surface area contributed by atoms with Crippen LogP contribution in [0.15, 0.2) is 24.3 Å². The minimum Gasteiger partial charge on any atom is -0.507 e. The molecule has 13 N–H and O–H groups in total. The fourth-order valence-corrected chi connectivity index (χ4v) is 7.73. The molecule has 3 aliphatic heterocycles. The van der Waals surface area contributed by atoms with Crippen LogP contribution in [0.4, 0.5) is 0 Å². The molecule has 64 heavy (non-hydrogen) atoms. The Morgan fingerprint density at radius 3 is 2.08 bits per heavy atom. The molecule has 16 atom stereocenters. The second-order valence-corrected chi connectivity index (χ2v) is 15.8. The predicted molar refractivity (Wildman–Crippen MR) is 211 cm³/mol. The van der Waals surface area contributed by atoms with Gasteiger partial charge in [-0.3, -0.25) is 14.4 Å². The molecule has 0 saturated carbocycles. The molecular formula is C40H62N2O22. The molecule has 1 aromatic carbocycles. The van der Waals surface area contributed by atoms with Gasteiger partial charge in [0.25, 0.3) is 11.7 Å². The average molecular weight is 923 g/mol. The highest BCUT2D eigenvalue weighted by atomic mass is 16.8. The standard InChI is InChI=1S/C40H62N2O22/c1-19(46)41-27-22(48)15-40(39(56)57,63-34(27)29(51)23(49)16-43)64-35-30(52)24(17-44)60-38(32(35)54)62-33-25(18-45)61-37(59-14-10-6-4-3-5-7-13-26(50)58-2)28(31(33)53)42-36(55)20-11-8-9-12-21(20)47/h8-9,11-12,22-25,27-35,37-38,43-45,47-49,51-54H,3-7,10,13-18H2,1-2H3,(H,41,46)(H,42,55)(H,56,57)/t22?,23?,24?,25?,27-,28?,29?,30-,31?,32?,33+,34?,35?,37-,38?,40+/m1/s1. The molecular weight excluding hydrogens is 860 g/mol. The fraction of sp³-hybridized carbons (Fsp3) is 0.750. The van der Waals surface area contributed by atoms with Crippen molar-refractivity contribution in [3.05, 3.63) is 29.8 Å². The lowest BCUT2D eigenvalue weighted by molar-refractivity contribution is -0.382. The smallest absolute Gasteiger partial charge is 0.364 e. The van der Waals surface area contributed by atoms with E-state index in [1.54, 1.807) is 0 Å². The highest BCUT2D eigenvalue weighted by molar-refractivity contribution is 5.97. The van der Waals surface area contributed by atoms with Crippen molar-refractivity contribution >= 4 is 23.8 Å². The monoisotopic (exact) mass is 922 g/mol. The van der Waals surface area contributed by atoms with E-state index in [2.05, 4.69) is 15.4 Å². The number of esters is 1. The van der Waals surface area contributed by atoms with E-state index in [4.69, 9.17) is 28.4 Å². The molecule has 3 aliphatic rings. The van der Waals surface area contributed by atoms with Crippen LogP contribution in [0.25, 0.3) is 0 Å². The van der Waals surface area contributed by atoms with Crippen LogP contribution in [0, 0.1) is 0 Å². The lowest BCUT2D eigenvalue weighted by Gasteiger charge is -2.51. The number of carboxylic acid groups (broad SMARTS) is 1. The summed E-state index contributed by atoms with van der Waals surface area (Å²) in [7, 11) is 1.32. The van der Waals surface area contributed by atoms with Crippen molar-refractivity contribution in [1.82, 2.24) is 10.6 Å². The second kappa shape index (κ2) is 24.7. The molecule has 24 nitrogen and oxygen atoms in total. The number of carboxylic acids is 1. The molecule has 364 valence electrons. The number of benzene rings is 1. The van der Waals surface area contributed by atoms with Gasteiger partial charge in [-0.15, -0.1) is 0 Å². The van der Waals surface area contributed by atoms with E-state index in [1.165, 1.54) is 31.4 Å². The largest absolute Gasteiger partial charge is 0.507 e. The van der Waals surface area contributed by atoms with Crippen molar-refractivity contribution in [1.29, 1.82) is 0 Å². The van der Waals surface area contributed by atoms with E-state index < -0.39 is 147 Å². The van der Waals surface area contributed by atoms with E-state index in [-0.39, 0.29) is 18.1 Å². The van der Waals surface area contributed by atoms with Gasteiger partial charge >= 0.3 is 11.9 Å². The number of para-hydroxylation sites is 1. The first-order valence-corrected chi connectivity index (χ1v) is 20.9. The first kappa shape index (κ1) is 52.9. The van der Waals surface area contributed by atoms with E-state index in [9.17, 15) is 75.3 Å². The number of aliphatic carboxylic acids is 1. The quantitative estimate of drug-likeness (QED) is 0.0366. The second-order valence-electron chi connectivity index (χ2n) is 15.8. The van der Waals surface area contributed by atoms with Gasteiger partial charge in [0.2, 0.25) is 5.91 Å². The van der Waals surface area contributed by atoms with Crippen molar-refractivity contribution in [3.8, 4) is 5.75 Å². The summed E-state index contributed by atoms with van der Waals surface area (Å²) in [5.74, 6) is -7.42. The van der Waals surface area contributed by atoms with E-state index in [0.717, 1.165) is 26.2 Å². The van der Waals surface area contributed by atoms with Crippen molar-refractivity contribution in [2.45, 2.75) is 156 Å². The number of aliphatic hydroxyl groups excluding tert-OH is 9. The Kier molecular flexibility index (Phi) is 20.4. The molecule has 0 aromatic heterocycles. The zero-order chi connectivity index (χ0) is 47.3. The normalized spacial score (nSPS) is 34.0. The lowest BCUT2D eigenvalue weighted by atomic mass is 9.88. The number of carbonyl (C=O) groups is 4. The number of carbonyl (C=O) groups excluding carboxylic acids is 3. The number of ether oxygens (including phenoxy) is 7. The summed E-state index contributed by atoms with van der Waals surface area (Å²) >= 11 is 0. The highest BCUT2D eigenvalue weighted by Crippen LogP contribution is 2.38. The number of rotatable bonds is 23. The Balaban J connectivity index is 1.57. The van der Waals surface area contributed by atoms with Crippen LogP contribution in [0.1, 0.15) is 68.6 Å². The third-order valence-electron chi connectivity index (χ3n) is 11.2. The Bertz CT molecular complexity index is 1660. The Hall–Kier alpha value is -3.70. The number of hydrogen-bond donors (Lipinski definition) is 13. The van der Waals surface area contributed by atoms with Crippen LogP contribution in [-0.4, -0.2) is 211 Å². The number of phenolic OH excluding ortho intramolecular Hbond substituents is 1. The summed E-state index contributed by atoms with van der Waals surface area (Å²) in [4.78, 5) is 49.7. The number of aromatic hydroxyl groups is 1. The summed E-state index contributed by atoms with van der Waals surface area (Å²) in [6, 6.07) is 2.41. The molecule has 24 heteroatoms. The van der Waals surface area contributed by atoms with Gasteiger partial charge in [-0.2, -0.15) is 0 Å². The van der Waals surface area contributed by atoms with Crippen LogP contribution in [0.3, 0.4) is 0 Å². The molecule has 0 radical (unpaired) electrons. The molecule has 3 heterocycles. The molecule has 0 aliphatic carbocycles. The van der Waals surface area contributed by atoms with Crippen LogP contribution in [-0.2, 0) is 47.5 Å². The van der Waals surface area contributed by atoms with Gasteiger partial charge in [0.1, 0.15) is 72.8 Å². The van der Waals surface area contributed by atoms with Gasteiger partial charge in [-0.25, -0.2) is 4.79 Å². The third-order valence-corrected chi connectivity index (χ3v) is 11.2. The van der Waals surface area contributed by atoms with E-state index in [0.29, 0.717) is 25.7 Å². The van der Waals surface area contributed by atoms with Gasteiger partial charge in [0, 0.05) is 26.4 Å². The number of methoxy groups -OCH3 is 1. The van der Waals surface area contributed by atoms with Crippen molar-refractivity contribution in [3.63, 3.8) is 0 Å². The number of amides is 2. The Labute approximate surface area is 367 Å². The third kappa shape index (κ3) is 13.2. The Morgan fingerprint density at radius 1 is 0.828 bits per heavy atom. The first-order chi connectivity index (χ1) is 30.4. The summed E-state index contributed by atoms with van der Waals surface area (Å²) in [6.45, 7) is -1.86. The minimum atomic E-state index is -3.09. The molecule has 0 spiro atoms. The maximum absolute atomic E-state index is 13.4. The zero-order valence-electron chi connectivity index (χ0n) is 35.4. The highest BCUT2D eigenvalue weighted by Gasteiger charge is 2.60. The summed E-state index contributed by atoms with van der Waals surface area (Å²) in [6.07, 6.45) is -21.3. The number of phenols is 1. The lowest BCUT2D eigenvalue weighted by Crippen LogP contribution is -2.71. The van der Waals surface area contributed by atoms with E-state index in [1.807, 2.05) is 0 Å². The van der Waals surface area contributed by atoms with Crippen LogP contribution >= 0.6 is 0 Å². The van der Waals surface area contributed by atoms with Gasteiger partial charge < -0.3 is 100.0 Å². The van der Waals surface area contributed by atoms with Gasteiger partial charge in [-0.05, 0) is 25.0 Å². The maximum Gasteiger partial charge on any atom is 0.364 e.